The Morgan fingerprint density at radius 2 is 2.17 bits per heavy atom. The average Bonchev–Trinajstić information content (AvgIpc) is 2.99. The number of hydrogen-bond donors (Lipinski definition) is 1. The summed E-state index contributed by atoms with van der Waals surface area (Å²) >= 11 is 0. The highest BCUT2D eigenvalue weighted by molar-refractivity contribution is 5.00. The van der Waals surface area contributed by atoms with Crippen LogP contribution in [-0.4, -0.2) is 39.0 Å². The van der Waals surface area contributed by atoms with E-state index in [4.69, 9.17) is 0 Å². The van der Waals surface area contributed by atoms with Crippen molar-refractivity contribution in [2.75, 3.05) is 13.2 Å². The molecule has 1 aromatic heterocycles. The number of aromatic nitrogens is 2. The van der Waals surface area contributed by atoms with E-state index in [1.807, 2.05) is 10.9 Å². The summed E-state index contributed by atoms with van der Waals surface area (Å²) in [5, 5.41) is 13.8. The van der Waals surface area contributed by atoms with E-state index in [0.29, 0.717) is 12.1 Å². The Labute approximate surface area is 110 Å². The van der Waals surface area contributed by atoms with Crippen molar-refractivity contribution in [1.82, 2.24) is 14.7 Å². The van der Waals surface area contributed by atoms with Gasteiger partial charge in [-0.05, 0) is 32.8 Å². The third-order valence-corrected chi connectivity index (χ3v) is 3.79. The molecule has 1 saturated carbocycles. The van der Waals surface area contributed by atoms with Crippen LogP contribution in [0.2, 0.25) is 0 Å². The van der Waals surface area contributed by atoms with E-state index in [0.717, 1.165) is 18.8 Å². The zero-order valence-electron chi connectivity index (χ0n) is 11.5. The second-order valence-electron chi connectivity index (χ2n) is 5.51. The lowest BCUT2D eigenvalue weighted by molar-refractivity contribution is 0.143. The molecule has 0 atom stereocenters. The van der Waals surface area contributed by atoms with E-state index >= 15 is 0 Å². The van der Waals surface area contributed by atoms with Crippen molar-refractivity contribution in [3.63, 3.8) is 0 Å². The fraction of sp³-hybridized carbons (Fsp3) is 0.786. The van der Waals surface area contributed by atoms with Gasteiger partial charge in [0.15, 0.2) is 0 Å². The fourth-order valence-corrected chi connectivity index (χ4v) is 2.75. The van der Waals surface area contributed by atoms with E-state index in [1.165, 1.54) is 25.7 Å². The lowest BCUT2D eigenvalue weighted by atomic mass is 10.2. The van der Waals surface area contributed by atoms with Gasteiger partial charge in [0.1, 0.15) is 0 Å². The molecule has 0 unspecified atom stereocenters. The van der Waals surface area contributed by atoms with E-state index in [-0.39, 0.29) is 6.61 Å². The Balaban J connectivity index is 1.98. The summed E-state index contributed by atoms with van der Waals surface area (Å²) in [6.07, 6.45) is 7.24. The van der Waals surface area contributed by atoms with Crippen molar-refractivity contribution >= 4 is 0 Å². The Morgan fingerprint density at radius 1 is 1.44 bits per heavy atom. The molecule has 4 nitrogen and oxygen atoms in total. The van der Waals surface area contributed by atoms with Crippen molar-refractivity contribution in [3.8, 4) is 0 Å². The van der Waals surface area contributed by atoms with Gasteiger partial charge in [-0.25, -0.2) is 0 Å². The maximum atomic E-state index is 9.20. The molecule has 0 bridgehead atoms. The van der Waals surface area contributed by atoms with E-state index in [1.54, 1.807) is 0 Å². The van der Waals surface area contributed by atoms with Crippen LogP contribution < -0.4 is 0 Å². The summed E-state index contributed by atoms with van der Waals surface area (Å²) in [5.41, 5.74) is 1.11. The lowest BCUT2D eigenvalue weighted by Crippen LogP contribution is -2.35. The Morgan fingerprint density at radius 3 is 2.72 bits per heavy atom. The Kier molecular flexibility index (Phi) is 4.78. The molecule has 0 aromatic carbocycles. The summed E-state index contributed by atoms with van der Waals surface area (Å²) in [4.78, 5) is 2.39. The molecule has 1 aliphatic carbocycles. The van der Waals surface area contributed by atoms with Crippen LogP contribution in [0.1, 0.15) is 51.3 Å². The van der Waals surface area contributed by atoms with Crippen molar-refractivity contribution in [1.29, 1.82) is 0 Å². The maximum Gasteiger partial charge on any atom is 0.0765 e. The monoisotopic (exact) mass is 251 g/mol. The molecule has 102 valence electrons. The molecule has 4 heteroatoms. The first-order valence-electron chi connectivity index (χ1n) is 7.09. The first kappa shape index (κ1) is 13.6. The van der Waals surface area contributed by atoms with Crippen LogP contribution in [0.25, 0.3) is 0 Å². The van der Waals surface area contributed by atoms with E-state index in [2.05, 4.69) is 29.9 Å². The molecule has 0 spiro atoms. The van der Waals surface area contributed by atoms with Gasteiger partial charge in [0, 0.05) is 31.4 Å². The van der Waals surface area contributed by atoms with Crippen LogP contribution in [0, 0.1) is 0 Å². The largest absolute Gasteiger partial charge is 0.395 e. The van der Waals surface area contributed by atoms with Gasteiger partial charge in [-0.1, -0.05) is 12.8 Å². The van der Waals surface area contributed by atoms with Gasteiger partial charge in [-0.3, -0.25) is 9.58 Å². The molecule has 18 heavy (non-hydrogen) atoms. The van der Waals surface area contributed by atoms with Crippen molar-refractivity contribution in [2.24, 2.45) is 0 Å². The van der Waals surface area contributed by atoms with Crippen molar-refractivity contribution < 1.29 is 5.11 Å². The van der Waals surface area contributed by atoms with E-state index < -0.39 is 0 Å². The highest BCUT2D eigenvalue weighted by Crippen LogP contribution is 2.24. The van der Waals surface area contributed by atoms with Crippen molar-refractivity contribution in [2.45, 2.75) is 58.2 Å². The average molecular weight is 251 g/mol. The summed E-state index contributed by atoms with van der Waals surface area (Å²) in [5.74, 6) is 0. The van der Waals surface area contributed by atoms with Gasteiger partial charge in [0.2, 0.25) is 0 Å². The van der Waals surface area contributed by atoms with Crippen LogP contribution in [0.4, 0.5) is 0 Å². The van der Waals surface area contributed by atoms with Crippen LogP contribution >= 0.6 is 0 Å². The molecule has 0 aliphatic heterocycles. The van der Waals surface area contributed by atoms with Gasteiger partial charge in [-0.15, -0.1) is 0 Å². The zero-order chi connectivity index (χ0) is 13.0. The van der Waals surface area contributed by atoms with Crippen molar-refractivity contribution in [3.05, 3.63) is 18.0 Å². The molecular weight excluding hydrogens is 226 g/mol. The number of hydrogen-bond acceptors (Lipinski definition) is 3. The summed E-state index contributed by atoms with van der Waals surface area (Å²) in [6, 6.07) is 3.15. The molecule has 0 amide bonds. The molecule has 1 heterocycles. The number of rotatable bonds is 6. The topological polar surface area (TPSA) is 41.3 Å². The third-order valence-electron chi connectivity index (χ3n) is 3.79. The normalized spacial score (nSPS) is 17.2. The van der Waals surface area contributed by atoms with Crippen LogP contribution in [0.3, 0.4) is 0 Å². The van der Waals surface area contributed by atoms with Gasteiger partial charge in [0.05, 0.1) is 12.3 Å². The highest BCUT2D eigenvalue weighted by atomic mass is 16.3. The molecule has 1 aliphatic rings. The quantitative estimate of drug-likeness (QED) is 0.842. The third kappa shape index (κ3) is 3.33. The predicted molar refractivity (Wildman–Crippen MR) is 72.4 cm³/mol. The molecule has 0 saturated heterocycles. The van der Waals surface area contributed by atoms with Gasteiger partial charge < -0.3 is 5.11 Å². The number of aliphatic hydroxyl groups is 1. The van der Waals surface area contributed by atoms with Crippen LogP contribution in [-0.2, 0) is 6.54 Å². The van der Waals surface area contributed by atoms with Gasteiger partial charge >= 0.3 is 0 Å². The second-order valence-corrected chi connectivity index (χ2v) is 5.51. The predicted octanol–water partition coefficient (Wildman–Crippen LogP) is 2.20. The fourth-order valence-electron chi connectivity index (χ4n) is 2.75. The standard InChI is InChI=1S/C14H25N3O/c1-12(2)17-8-7-13(15-17)11-16(9-10-18)14-5-3-4-6-14/h7-8,12,14,18H,3-6,9-11H2,1-2H3. The molecule has 0 radical (unpaired) electrons. The first-order valence-corrected chi connectivity index (χ1v) is 7.09. The van der Waals surface area contributed by atoms with Gasteiger partial charge in [-0.2, -0.15) is 5.10 Å². The molecule has 2 rings (SSSR count). The van der Waals surface area contributed by atoms with Crippen LogP contribution in [0.5, 0.6) is 0 Å². The Hall–Kier alpha value is -0.870. The molecule has 1 aromatic rings. The summed E-state index contributed by atoms with van der Waals surface area (Å²) in [6.45, 7) is 6.14. The minimum Gasteiger partial charge on any atom is -0.395 e. The highest BCUT2D eigenvalue weighted by Gasteiger charge is 2.22. The zero-order valence-corrected chi connectivity index (χ0v) is 11.5. The molecule has 1 N–H and O–H groups in total. The first-order chi connectivity index (χ1) is 8.70. The summed E-state index contributed by atoms with van der Waals surface area (Å²) < 4.78 is 2.00. The second kappa shape index (κ2) is 6.34. The summed E-state index contributed by atoms with van der Waals surface area (Å²) in [7, 11) is 0. The molecule has 1 fully saturated rings. The minimum absolute atomic E-state index is 0.237. The Bertz CT molecular complexity index is 356. The van der Waals surface area contributed by atoms with E-state index in [9.17, 15) is 5.11 Å². The molecular formula is C14H25N3O. The SMILES string of the molecule is CC(C)n1ccc(CN(CCO)C2CCCC2)n1. The lowest BCUT2D eigenvalue weighted by Gasteiger charge is -2.27. The minimum atomic E-state index is 0.237. The number of aliphatic hydroxyl groups excluding tert-OH is 1. The smallest absolute Gasteiger partial charge is 0.0765 e. The van der Waals surface area contributed by atoms with Gasteiger partial charge in [0.25, 0.3) is 0 Å². The maximum absolute atomic E-state index is 9.20. The van der Waals surface area contributed by atoms with Crippen LogP contribution in [0.15, 0.2) is 12.3 Å². The number of nitrogens with zero attached hydrogens (tertiary/aromatic N) is 3.